The molecule has 0 radical (unpaired) electrons. The van der Waals surface area contributed by atoms with Crippen LogP contribution in [0.4, 0.5) is 19.0 Å². The monoisotopic (exact) mass is 320 g/mol. The first kappa shape index (κ1) is 15.3. The van der Waals surface area contributed by atoms with Crippen molar-refractivity contribution >= 4 is 15.8 Å². The lowest BCUT2D eigenvalue weighted by Gasteiger charge is -2.07. The molecule has 0 bridgehead atoms. The van der Waals surface area contributed by atoms with E-state index in [0.717, 1.165) is 11.8 Å². The normalized spacial score (nSPS) is 12.4. The van der Waals surface area contributed by atoms with Crippen LogP contribution in [0.1, 0.15) is 11.4 Å². The Hall–Kier alpha value is -2.10. The van der Waals surface area contributed by atoms with Crippen LogP contribution in [0, 0.1) is 6.92 Å². The van der Waals surface area contributed by atoms with Gasteiger partial charge in [-0.05, 0) is 19.1 Å². The van der Waals surface area contributed by atoms with Gasteiger partial charge in [0.2, 0.25) is 0 Å². The summed E-state index contributed by atoms with van der Waals surface area (Å²) in [6, 6.07) is 2.95. The number of halogens is 3. The highest BCUT2D eigenvalue weighted by Crippen LogP contribution is 2.28. The average Bonchev–Trinajstić information content (AvgIpc) is 2.66. The number of aromatic nitrogens is 3. The third-order valence-electron chi connectivity index (χ3n) is 2.69. The molecule has 2 rings (SSSR count). The highest BCUT2D eigenvalue weighted by atomic mass is 32.2. The van der Waals surface area contributed by atoms with E-state index in [2.05, 4.69) is 14.8 Å². The van der Waals surface area contributed by atoms with Gasteiger partial charge in [0.25, 0.3) is 10.0 Å². The van der Waals surface area contributed by atoms with E-state index in [1.165, 1.54) is 10.7 Å². The molecule has 0 fully saturated rings. The van der Waals surface area contributed by atoms with Crippen molar-refractivity contribution in [1.82, 2.24) is 14.8 Å². The number of nitrogens with zero attached hydrogens (tertiary/aromatic N) is 3. The van der Waals surface area contributed by atoms with Crippen molar-refractivity contribution in [3.63, 3.8) is 0 Å². The van der Waals surface area contributed by atoms with Crippen molar-refractivity contribution in [3.8, 4) is 0 Å². The highest BCUT2D eigenvalue weighted by Gasteiger charge is 2.32. The third kappa shape index (κ3) is 3.32. The molecule has 6 nitrogen and oxygen atoms in total. The van der Waals surface area contributed by atoms with Gasteiger partial charge in [-0.15, -0.1) is 0 Å². The third-order valence-corrected chi connectivity index (χ3v) is 4.03. The molecule has 2 aromatic heterocycles. The Labute approximate surface area is 118 Å². The van der Waals surface area contributed by atoms with Gasteiger partial charge in [-0.2, -0.15) is 18.3 Å². The van der Waals surface area contributed by atoms with Gasteiger partial charge in [-0.25, -0.2) is 8.42 Å². The standard InChI is InChI=1S/C11H11F3N4O2S/c1-7-5-10(16-18(7)2)17-21(19,20)8-3-4-9(15-6-8)11(12,13)14/h3-6H,1-2H3,(H,16,17). The molecule has 0 saturated heterocycles. The molecule has 0 aliphatic rings. The Morgan fingerprint density at radius 2 is 1.95 bits per heavy atom. The summed E-state index contributed by atoms with van der Waals surface area (Å²) in [6.45, 7) is 1.73. The summed E-state index contributed by atoms with van der Waals surface area (Å²) in [5.74, 6) is 0.0786. The van der Waals surface area contributed by atoms with Gasteiger partial charge in [0.05, 0.1) is 0 Å². The molecule has 0 saturated carbocycles. The van der Waals surface area contributed by atoms with E-state index in [0.29, 0.717) is 12.3 Å². The van der Waals surface area contributed by atoms with Crippen LogP contribution in [0.15, 0.2) is 29.3 Å². The molecule has 114 valence electrons. The highest BCUT2D eigenvalue weighted by molar-refractivity contribution is 7.92. The molecule has 0 unspecified atom stereocenters. The second-order valence-corrected chi connectivity index (χ2v) is 5.96. The topological polar surface area (TPSA) is 76.9 Å². The van der Waals surface area contributed by atoms with E-state index in [1.54, 1.807) is 14.0 Å². The van der Waals surface area contributed by atoms with Crippen molar-refractivity contribution in [1.29, 1.82) is 0 Å². The number of hydrogen-bond acceptors (Lipinski definition) is 4. The molecule has 0 atom stereocenters. The summed E-state index contributed by atoms with van der Waals surface area (Å²) in [5, 5.41) is 3.90. The molecule has 1 N–H and O–H groups in total. The van der Waals surface area contributed by atoms with Crippen LogP contribution in [-0.4, -0.2) is 23.2 Å². The number of rotatable bonds is 3. The van der Waals surface area contributed by atoms with Crippen molar-refractivity contribution in [2.24, 2.45) is 7.05 Å². The number of anilines is 1. The van der Waals surface area contributed by atoms with E-state index >= 15 is 0 Å². The molecule has 0 aromatic carbocycles. The smallest absolute Gasteiger partial charge is 0.271 e. The fraction of sp³-hybridized carbons (Fsp3) is 0.273. The molecule has 0 amide bonds. The minimum Gasteiger partial charge on any atom is -0.271 e. The number of aryl methyl sites for hydroxylation is 2. The number of nitrogens with one attached hydrogen (secondary N) is 1. The molecular formula is C11H11F3N4O2S. The predicted octanol–water partition coefficient (Wildman–Crippen LogP) is 1.94. The summed E-state index contributed by atoms with van der Waals surface area (Å²) < 4.78 is 64.7. The van der Waals surface area contributed by atoms with Crippen LogP contribution in [0.5, 0.6) is 0 Å². The van der Waals surface area contributed by atoms with Gasteiger partial charge in [0, 0.05) is 25.0 Å². The maximum Gasteiger partial charge on any atom is 0.433 e. The Bertz CT molecular complexity index is 731. The lowest BCUT2D eigenvalue weighted by atomic mass is 10.3. The van der Waals surface area contributed by atoms with Gasteiger partial charge in [0.1, 0.15) is 10.6 Å². The Balaban J connectivity index is 2.27. The molecule has 2 aromatic rings. The van der Waals surface area contributed by atoms with Crippen molar-refractivity contribution in [2.75, 3.05) is 4.72 Å². The van der Waals surface area contributed by atoms with Crippen LogP contribution in [0.2, 0.25) is 0 Å². The van der Waals surface area contributed by atoms with Crippen LogP contribution in [0.3, 0.4) is 0 Å². The molecule has 2 heterocycles. The summed E-state index contributed by atoms with van der Waals surface area (Å²) in [7, 11) is -2.40. The number of hydrogen-bond donors (Lipinski definition) is 1. The van der Waals surface area contributed by atoms with E-state index in [9.17, 15) is 21.6 Å². The maximum absolute atomic E-state index is 12.4. The fourth-order valence-corrected chi connectivity index (χ4v) is 2.45. The minimum atomic E-state index is -4.62. The predicted molar refractivity (Wildman–Crippen MR) is 68.0 cm³/mol. The maximum atomic E-state index is 12.4. The van der Waals surface area contributed by atoms with Crippen LogP contribution >= 0.6 is 0 Å². The van der Waals surface area contributed by atoms with E-state index < -0.39 is 21.9 Å². The van der Waals surface area contributed by atoms with Crippen LogP contribution in [-0.2, 0) is 23.2 Å². The van der Waals surface area contributed by atoms with Crippen molar-refractivity contribution in [3.05, 3.63) is 35.8 Å². The zero-order chi connectivity index (χ0) is 15.8. The second kappa shape index (κ2) is 5.02. The fourth-order valence-electron chi connectivity index (χ4n) is 1.51. The van der Waals surface area contributed by atoms with Crippen LogP contribution < -0.4 is 4.72 Å². The molecular weight excluding hydrogens is 309 g/mol. The number of sulfonamides is 1. The van der Waals surface area contributed by atoms with Gasteiger partial charge in [-0.1, -0.05) is 0 Å². The van der Waals surface area contributed by atoms with E-state index in [1.807, 2.05) is 0 Å². The van der Waals surface area contributed by atoms with Gasteiger partial charge in [0.15, 0.2) is 5.82 Å². The van der Waals surface area contributed by atoms with Crippen molar-refractivity contribution in [2.45, 2.75) is 18.0 Å². The van der Waals surface area contributed by atoms with Crippen molar-refractivity contribution < 1.29 is 21.6 Å². The van der Waals surface area contributed by atoms with E-state index in [4.69, 9.17) is 0 Å². The molecule has 0 aliphatic carbocycles. The SMILES string of the molecule is Cc1cc(NS(=O)(=O)c2ccc(C(F)(F)F)nc2)nn1C. The van der Waals surface area contributed by atoms with Crippen LogP contribution in [0.25, 0.3) is 0 Å². The average molecular weight is 320 g/mol. The lowest BCUT2D eigenvalue weighted by molar-refractivity contribution is -0.141. The zero-order valence-corrected chi connectivity index (χ0v) is 11.8. The summed E-state index contributed by atoms with van der Waals surface area (Å²) >= 11 is 0. The van der Waals surface area contributed by atoms with E-state index in [-0.39, 0.29) is 10.7 Å². The molecule has 10 heteroatoms. The summed E-state index contributed by atoms with van der Waals surface area (Å²) in [4.78, 5) is 2.73. The Morgan fingerprint density at radius 1 is 1.29 bits per heavy atom. The molecule has 21 heavy (non-hydrogen) atoms. The first-order valence-electron chi connectivity index (χ1n) is 5.66. The quantitative estimate of drug-likeness (QED) is 0.937. The Morgan fingerprint density at radius 3 is 2.38 bits per heavy atom. The van der Waals surface area contributed by atoms with Gasteiger partial charge in [-0.3, -0.25) is 14.4 Å². The minimum absolute atomic E-state index is 0.0786. The molecule has 0 spiro atoms. The summed E-state index contributed by atoms with van der Waals surface area (Å²) in [5.41, 5.74) is -0.437. The molecule has 0 aliphatic heterocycles. The van der Waals surface area contributed by atoms with Gasteiger partial charge < -0.3 is 0 Å². The number of pyridine rings is 1. The number of alkyl halides is 3. The summed E-state index contributed by atoms with van der Waals surface area (Å²) in [6.07, 6.45) is -3.96. The first-order valence-corrected chi connectivity index (χ1v) is 7.14. The zero-order valence-electron chi connectivity index (χ0n) is 11.0. The van der Waals surface area contributed by atoms with Gasteiger partial charge >= 0.3 is 6.18 Å². The largest absolute Gasteiger partial charge is 0.433 e. The second-order valence-electron chi connectivity index (χ2n) is 4.28. The first-order chi connectivity index (χ1) is 9.59. The lowest BCUT2D eigenvalue weighted by Crippen LogP contribution is -2.15. The Kier molecular flexibility index (Phi) is 3.66.